The Kier molecular flexibility index (Phi) is 4.62. The molecule has 0 spiro atoms. The van der Waals surface area contributed by atoms with Gasteiger partial charge in [0.1, 0.15) is 0 Å². The van der Waals surface area contributed by atoms with Crippen LogP contribution >= 0.6 is 0 Å². The summed E-state index contributed by atoms with van der Waals surface area (Å²) in [6.45, 7) is 5.66. The van der Waals surface area contributed by atoms with E-state index in [2.05, 4.69) is 17.1 Å². The molecule has 104 valence electrons. The zero-order chi connectivity index (χ0) is 13.0. The standard InChI is InChI=1S/C14H27N3O/c1-2-3-9-17-10-5-12(6-11-17)16-13(18)14(15)7-4-8-14/h12H,2-11,15H2,1H3,(H,16,18). The third kappa shape index (κ3) is 3.23. The molecule has 1 aliphatic heterocycles. The van der Waals surface area contributed by atoms with Crippen LogP contribution in [0.15, 0.2) is 0 Å². The van der Waals surface area contributed by atoms with Gasteiger partial charge in [0.15, 0.2) is 0 Å². The number of unbranched alkanes of at least 4 members (excludes halogenated alkanes) is 1. The van der Waals surface area contributed by atoms with Crippen molar-refractivity contribution in [3.8, 4) is 0 Å². The summed E-state index contributed by atoms with van der Waals surface area (Å²) in [5.41, 5.74) is 5.49. The number of likely N-dealkylation sites (tertiary alicyclic amines) is 1. The Labute approximate surface area is 110 Å². The predicted octanol–water partition coefficient (Wildman–Crippen LogP) is 1.25. The van der Waals surface area contributed by atoms with Crippen LogP contribution < -0.4 is 11.1 Å². The van der Waals surface area contributed by atoms with Crippen molar-refractivity contribution in [2.24, 2.45) is 5.73 Å². The van der Waals surface area contributed by atoms with Crippen LogP contribution in [-0.2, 0) is 4.79 Å². The molecule has 3 N–H and O–H groups in total. The van der Waals surface area contributed by atoms with E-state index < -0.39 is 5.54 Å². The van der Waals surface area contributed by atoms with E-state index in [0.29, 0.717) is 6.04 Å². The lowest BCUT2D eigenvalue weighted by molar-refractivity contribution is -0.130. The minimum atomic E-state index is -0.542. The summed E-state index contributed by atoms with van der Waals surface area (Å²) < 4.78 is 0. The predicted molar refractivity (Wildman–Crippen MR) is 73.3 cm³/mol. The molecule has 1 amide bonds. The van der Waals surface area contributed by atoms with Crippen LogP contribution in [-0.4, -0.2) is 42.0 Å². The molecular formula is C14H27N3O. The Morgan fingerprint density at radius 1 is 1.39 bits per heavy atom. The Morgan fingerprint density at radius 3 is 2.56 bits per heavy atom. The van der Waals surface area contributed by atoms with Crippen molar-refractivity contribution < 1.29 is 4.79 Å². The molecule has 0 aromatic heterocycles. The van der Waals surface area contributed by atoms with Gasteiger partial charge < -0.3 is 16.0 Å². The largest absolute Gasteiger partial charge is 0.352 e. The molecule has 0 aromatic carbocycles. The van der Waals surface area contributed by atoms with E-state index in [1.165, 1.54) is 19.4 Å². The maximum Gasteiger partial charge on any atom is 0.240 e. The maximum absolute atomic E-state index is 12.0. The Balaban J connectivity index is 1.68. The first-order valence-corrected chi connectivity index (χ1v) is 7.46. The Bertz CT molecular complexity index is 281. The smallest absolute Gasteiger partial charge is 0.240 e. The molecule has 4 heteroatoms. The second-order valence-corrected chi connectivity index (χ2v) is 5.95. The number of carbonyl (C=O) groups excluding carboxylic acids is 1. The molecule has 1 saturated carbocycles. The summed E-state index contributed by atoms with van der Waals surface area (Å²) in [6, 6.07) is 0.344. The number of hydrogen-bond acceptors (Lipinski definition) is 3. The molecule has 4 nitrogen and oxygen atoms in total. The molecule has 0 unspecified atom stereocenters. The van der Waals surface area contributed by atoms with Crippen molar-refractivity contribution in [3.63, 3.8) is 0 Å². The van der Waals surface area contributed by atoms with Gasteiger partial charge in [0.2, 0.25) is 5.91 Å². The van der Waals surface area contributed by atoms with Gasteiger partial charge in [0, 0.05) is 19.1 Å². The third-order valence-electron chi connectivity index (χ3n) is 4.45. The second kappa shape index (κ2) is 6.02. The van der Waals surface area contributed by atoms with Gasteiger partial charge in [-0.3, -0.25) is 4.79 Å². The van der Waals surface area contributed by atoms with Gasteiger partial charge in [-0.05, 0) is 45.1 Å². The van der Waals surface area contributed by atoms with Gasteiger partial charge in [-0.2, -0.15) is 0 Å². The summed E-state index contributed by atoms with van der Waals surface area (Å²) in [5, 5.41) is 3.15. The van der Waals surface area contributed by atoms with Crippen LogP contribution in [0.2, 0.25) is 0 Å². The number of carbonyl (C=O) groups is 1. The fourth-order valence-electron chi connectivity index (χ4n) is 2.80. The highest BCUT2D eigenvalue weighted by Crippen LogP contribution is 2.29. The minimum absolute atomic E-state index is 0.0840. The van der Waals surface area contributed by atoms with E-state index in [0.717, 1.165) is 45.2 Å². The normalized spacial score (nSPS) is 24.6. The highest BCUT2D eigenvalue weighted by molar-refractivity contribution is 5.87. The van der Waals surface area contributed by atoms with Crippen molar-refractivity contribution in [2.75, 3.05) is 19.6 Å². The molecule has 0 aromatic rings. The first kappa shape index (κ1) is 13.8. The Hall–Kier alpha value is -0.610. The lowest BCUT2D eigenvalue weighted by atomic mass is 9.77. The fraction of sp³-hybridized carbons (Fsp3) is 0.929. The number of hydrogen-bond donors (Lipinski definition) is 2. The lowest BCUT2D eigenvalue weighted by Gasteiger charge is -2.39. The average molecular weight is 253 g/mol. The van der Waals surface area contributed by atoms with Crippen molar-refractivity contribution in [1.82, 2.24) is 10.2 Å². The topological polar surface area (TPSA) is 58.4 Å². The third-order valence-corrected chi connectivity index (χ3v) is 4.45. The van der Waals surface area contributed by atoms with E-state index in [4.69, 9.17) is 5.73 Å². The lowest BCUT2D eigenvalue weighted by Crippen LogP contribution is -2.61. The van der Waals surface area contributed by atoms with E-state index in [-0.39, 0.29) is 5.91 Å². The van der Waals surface area contributed by atoms with Crippen molar-refractivity contribution in [1.29, 1.82) is 0 Å². The molecular weight excluding hydrogens is 226 g/mol. The average Bonchev–Trinajstić information content (AvgIpc) is 2.35. The van der Waals surface area contributed by atoms with Crippen molar-refractivity contribution in [2.45, 2.75) is 63.5 Å². The van der Waals surface area contributed by atoms with Gasteiger partial charge in [0.05, 0.1) is 5.54 Å². The zero-order valence-corrected chi connectivity index (χ0v) is 11.6. The summed E-state index contributed by atoms with van der Waals surface area (Å²) in [7, 11) is 0. The van der Waals surface area contributed by atoms with Gasteiger partial charge in [-0.15, -0.1) is 0 Å². The van der Waals surface area contributed by atoms with Gasteiger partial charge >= 0.3 is 0 Å². The van der Waals surface area contributed by atoms with Crippen LogP contribution in [0, 0.1) is 0 Å². The maximum atomic E-state index is 12.0. The van der Waals surface area contributed by atoms with Gasteiger partial charge in [-0.1, -0.05) is 13.3 Å². The SMILES string of the molecule is CCCCN1CCC(NC(=O)C2(N)CCC2)CC1. The highest BCUT2D eigenvalue weighted by Gasteiger charge is 2.40. The first-order valence-electron chi connectivity index (χ1n) is 7.46. The molecule has 1 aliphatic carbocycles. The number of piperidine rings is 1. The van der Waals surface area contributed by atoms with E-state index in [1.54, 1.807) is 0 Å². The quantitative estimate of drug-likeness (QED) is 0.775. The van der Waals surface area contributed by atoms with Crippen molar-refractivity contribution >= 4 is 5.91 Å². The molecule has 0 atom stereocenters. The fourth-order valence-corrected chi connectivity index (χ4v) is 2.80. The molecule has 0 radical (unpaired) electrons. The minimum Gasteiger partial charge on any atom is -0.352 e. The van der Waals surface area contributed by atoms with Crippen LogP contribution in [0.4, 0.5) is 0 Å². The van der Waals surface area contributed by atoms with Gasteiger partial charge in [-0.25, -0.2) is 0 Å². The summed E-state index contributed by atoms with van der Waals surface area (Å²) in [5.74, 6) is 0.0840. The molecule has 18 heavy (non-hydrogen) atoms. The number of nitrogens with two attached hydrogens (primary N) is 1. The molecule has 0 bridgehead atoms. The first-order chi connectivity index (χ1) is 8.64. The van der Waals surface area contributed by atoms with Gasteiger partial charge in [0.25, 0.3) is 0 Å². The monoisotopic (exact) mass is 253 g/mol. The number of amides is 1. The van der Waals surface area contributed by atoms with Crippen molar-refractivity contribution in [3.05, 3.63) is 0 Å². The van der Waals surface area contributed by atoms with Crippen LogP contribution in [0.1, 0.15) is 51.9 Å². The summed E-state index contributed by atoms with van der Waals surface area (Å²) in [6.07, 6.45) is 7.49. The van der Waals surface area contributed by atoms with Crippen LogP contribution in [0.3, 0.4) is 0 Å². The molecule has 1 heterocycles. The van der Waals surface area contributed by atoms with Crippen LogP contribution in [0.5, 0.6) is 0 Å². The summed E-state index contributed by atoms with van der Waals surface area (Å²) >= 11 is 0. The number of nitrogens with zero attached hydrogens (tertiary/aromatic N) is 1. The van der Waals surface area contributed by atoms with E-state index >= 15 is 0 Å². The molecule has 2 rings (SSSR count). The highest BCUT2D eigenvalue weighted by atomic mass is 16.2. The molecule has 1 saturated heterocycles. The number of rotatable bonds is 5. The van der Waals surface area contributed by atoms with Crippen LogP contribution in [0.25, 0.3) is 0 Å². The Morgan fingerprint density at radius 2 is 2.06 bits per heavy atom. The second-order valence-electron chi connectivity index (χ2n) is 5.95. The van der Waals surface area contributed by atoms with E-state index in [9.17, 15) is 4.79 Å². The van der Waals surface area contributed by atoms with E-state index in [1.807, 2.05) is 0 Å². The zero-order valence-electron chi connectivity index (χ0n) is 11.6. The number of nitrogens with one attached hydrogen (secondary N) is 1. The summed E-state index contributed by atoms with van der Waals surface area (Å²) in [4.78, 5) is 14.5. The molecule has 2 aliphatic rings. The molecule has 2 fully saturated rings.